The van der Waals surface area contributed by atoms with Crippen molar-refractivity contribution < 1.29 is 13.6 Å². The lowest BCUT2D eigenvalue weighted by atomic mass is 10.1. The third-order valence-corrected chi connectivity index (χ3v) is 3.47. The standard InChI is InChI=1S/C16H17NO3/c1-9-6-13(10(2)19-9)16(17)15-7-11-4-5-12(18-3)8-14(11)20-15/h4-8,16H,17H2,1-3H3. The molecule has 1 atom stereocenters. The predicted octanol–water partition coefficient (Wildman–Crippen LogP) is 3.70. The van der Waals surface area contributed by atoms with Gasteiger partial charge < -0.3 is 19.3 Å². The number of aryl methyl sites for hydroxylation is 2. The molecule has 1 unspecified atom stereocenters. The van der Waals surface area contributed by atoms with Crippen molar-refractivity contribution in [1.82, 2.24) is 0 Å². The Morgan fingerprint density at radius 3 is 2.55 bits per heavy atom. The van der Waals surface area contributed by atoms with Crippen molar-refractivity contribution >= 4 is 11.0 Å². The van der Waals surface area contributed by atoms with Gasteiger partial charge >= 0.3 is 0 Å². The van der Waals surface area contributed by atoms with Gasteiger partial charge in [-0.25, -0.2) is 0 Å². The SMILES string of the molecule is COc1ccc2cc(C(N)c3cc(C)oc3C)oc2c1. The molecule has 0 saturated carbocycles. The molecule has 0 amide bonds. The van der Waals surface area contributed by atoms with Gasteiger partial charge in [0.2, 0.25) is 0 Å². The summed E-state index contributed by atoms with van der Waals surface area (Å²) in [4.78, 5) is 0. The Morgan fingerprint density at radius 1 is 1.10 bits per heavy atom. The average molecular weight is 271 g/mol. The van der Waals surface area contributed by atoms with Crippen LogP contribution in [0.1, 0.15) is 28.9 Å². The van der Waals surface area contributed by atoms with E-state index in [4.69, 9.17) is 19.3 Å². The van der Waals surface area contributed by atoms with Crippen molar-refractivity contribution in [2.75, 3.05) is 7.11 Å². The summed E-state index contributed by atoms with van der Waals surface area (Å²) in [5.41, 5.74) is 8.00. The minimum atomic E-state index is -0.328. The van der Waals surface area contributed by atoms with E-state index in [2.05, 4.69) is 0 Å². The van der Waals surface area contributed by atoms with E-state index in [-0.39, 0.29) is 6.04 Å². The zero-order chi connectivity index (χ0) is 14.3. The van der Waals surface area contributed by atoms with E-state index < -0.39 is 0 Å². The Kier molecular flexibility index (Phi) is 3.03. The summed E-state index contributed by atoms with van der Waals surface area (Å²) >= 11 is 0. The maximum absolute atomic E-state index is 6.28. The number of rotatable bonds is 3. The van der Waals surface area contributed by atoms with Crippen LogP contribution in [0.3, 0.4) is 0 Å². The Hall–Kier alpha value is -2.20. The highest BCUT2D eigenvalue weighted by Gasteiger charge is 2.19. The molecule has 104 valence electrons. The Labute approximate surface area is 117 Å². The van der Waals surface area contributed by atoms with Gasteiger partial charge in [-0.2, -0.15) is 0 Å². The van der Waals surface area contributed by atoms with Crippen molar-refractivity contribution in [2.24, 2.45) is 5.73 Å². The maximum Gasteiger partial charge on any atom is 0.138 e. The molecule has 3 rings (SSSR count). The van der Waals surface area contributed by atoms with Crippen LogP contribution >= 0.6 is 0 Å². The fourth-order valence-corrected chi connectivity index (χ4v) is 2.42. The van der Waals surface area contributed by atoms with Gasteiger partial charge in [-0.1, -0.05) is 0 Å². The molecule has 2 N–H and O–H groups in total. The first kappa shape index (κ1) is 12.8. The smallest absolute Gasteiger partial charge is 0.138 e. The second-order valence-electron chi connectivity index (χ2n) is 4.90. The highest BCUT2D eigenvalue weighted by molar-refractivity contribution is 5.79. The van der Waals surface area contributed by atoms with Crippen LogP contribution in [0.15, 0.2) is 39.2 Å². The summed E-state index contributed by atoms with van der Waals surface area (Å²) in [6.07, 6.45) is 0. The summed E-state index contributed by atoms with van der Waals surface area (Å²) in [5, 5.41) is 1.01. The Bertz CT molecular complexity index is 754. The molecule has 0 radical (unpaired) electrons. The van der Waals surface area contributed by atoms with Gasteiger partial charge in [0, 0.05) is 17.0 Å². The van der Waals surface area contributed by atoms with Gasteiger partial charge in [-0.3, -0.25) is 0 Å². The lowest BCUT2D eigenvalue weighted by Crippen LogP contribution is -2.10. The summed E-state index contributed by atoms with van der Waals surface area (Å²) in [6.45, 7) is 3.82. The van der Waals surface area contributed by atoms with Crippen molar-refractivity contribution in [3.05, 3.63) is 53.2 Å². The van der Waals surface area contributed by atoms with E-state index in [0.29, 0.717) is 0 Å². The molecule has 4 heteroatoms. The van der Waals surface area contributed by atoms with E-state index in [0.717, 1.165) is 39.6 Å². The molecule has 0 aliphatic rings. The summed E-state index contributed by atoms with van der Waals surface area (Å²) in [7, 11) is 1.63. The minimum absolute atomic E-state index is 0.328. The van der Waals surface area contributed by atoms with Crippen molar-refractivity contribution in [1.29, 1.82) is 0 Å². The van der Waals surface area contributed by atoms with Gasteiger partial charge in [0.25, 0.3) is 0 Å². The van der Waals surface area contributed by atoms with Crippen molar-refractivity contribution in [3.63, 3.8) is 0 Å². The van der Waals surface area contributed by atoms with Crippen LogP contribution in [0.4, 0.5) is 0 Å². The first-order valence-electron chi connectivity index (χ1n) is 6.48. The normalized spacial score (nSPS) is 12.8. The molecular weight excluding hydrogens is 254 g/mol. The van der Waals surface area contributed by atoms with Crippen LogP contribution in [-0.2, 0) is 0 Å². The van der Waals surface area contributed by atoms with Crippen LogP contribution in [0.25, 0.3) is 11.0 Å². The minimum Gasteiger partial charge on any atom is -0.497 e. The molecule has 3 aromatic rings. The number of ether oxygens (including phenoxy) is 1. The molecule has 20 heavy (non-hydrogen) atoms. The summed E-state index contributed by atoms with van der Waals surface area (Å²) in [5.74, 6) is 3.17. The molecule has 0 spiro atoms. The summed E-state index contributed by atoms with van der Waals surface area (Å²) < 4.78 is 16.6. The monoisotopic (exact) mass is 271 g/mol. The highest BCUT2D eigenvalue weighted by atomic mass is 16.5. The second-order valence-corrected chi connectivity index (χ2v) is 4.90. The van der Waals surface area contributed by atoms with Crippen molar-refractivity contribution in [3.8, 4) is 5.75 Å². The van der Waals surface area contributed by atoms with Crippen LogP contribution in [-0.4, -0.2) is 7.11 Å². The molecule has 2 aromatic heterocycles. The molecule has 0 saturated heterocycles. The van der Waals surface area contributed by atoms with Crippen LogP contribution in [0, 0.1) is 13.8 Å². The van der Waals surface area contributed by atoms with Gasteiger partial charge in [-0.15, -0.1) is 0 Å². The highest BCUT2D eigenvalue weighted by Crippen LogP contribution is 2.31. The zero-order valence-electron chi connectivity index (χ0n) is 11.8. The third kappa shape index (κ3) is 2.08. The molecular formula is C16H17NO3. The quantitative estimate of drug-likeness (QED) is 0.789. The fourth-order valence-electron chi connectivity index (χ4n) is 2.42. The van der Waals surface area contributed by atoms with E-state index in [1.807, 2.05) is 44.2 Å². The number of hydrogen-bond acceptors (Lipinski definition) is 4. The molecule has 0 aliphatic carbocycles. The largest absolute Gasteiger partial charge is 0.497 e. The first-order valence-corrected chi connectivity index (χ1v) is 6.48. The number of methoxy groups -OCH3 is 1. The topological polar surface area (TPSA) is 61.5 Å². The van der Waals surface area contributed by atoms with Crippen LogP contribution in [0.2, 0.25) is 0 Å². The number of furan rings is 2. The molecule has 2 heterocycles. The third-order valence-electron chi connectivity index (χ3n) is 3.47. The first-order chi connectivity index (χ1) is 9.58. The van der Waals surface area contributed by atoms with Gasteiger partial charge in [0.15, 0.2) is 0 Å². The van der Waals surface area contributed by atoms with Crippen LogP contribution in [0.5, 0.6) is 5.75 Å². The van der Waals surface area contributed by atoms with E-state index >= 15 is 0 Å². The van der Waals surface area contributed by atoms with Gasteiger partial charge in [-0.05, 0) is 38.1 Å². The van der Waals surface area contributed by atoms with E-state index in [1.54, 1.807) is 7.11 Å². The fraction of sp³-hybridized carbons (Fsp3) is 0.250. The number of fused-ring (bicyclic) bond motifs is 1. The lowest BCUT2D eigenvalue weighted by Gasteiger charge is -2.06. The van der Waals surface area contributed by atoms with Gasteiger partial charge in [0.1, 0.15) is 28.6 Å². The Balaban J connectivity index is 2.03. The van der Waals surface area contributed by atoms with E-state index in [9.17, 15) is 0 Å². The molecule has 0 bridgehead atoms. The Morgan fingerprint density at radius 2 is 1.90 bits per heavy atom. The van der Waals surface area contributed by atoms with Crippen molar-refractivity contribution in [2.45, 2.75) is 19.9 Å². The summed E-state index contributed by atoms with van der Waals surface area (Å²) in [6, 6.07) is 9.31. The van der Waals surface area contributed by atoms with E-state index in [1.165, 1.54) is 0 Å². The molecule has 0 fully saturated rings. The maximum atomic E-state index is 6.28. The van der Waals surface area contributed by atoms with Gasteiger partial charge in [0.05, 0.1) is 13.2 Å². The number of nitrogens with two attached hydrogens (primary N) is 1. The number of hydrogen-bond donors (Lipinski definition) is 1. The zero-order valence-corrected chi connectivity index (χ0v) is 11.8. The molecule has 4 nitrogen and oxygen atoms in total. The lowest BCUT2D eigenvalue weighted by molar-refractivity contribution is 0.414. The average Bonchev–Trinajstić information content (AvgIpc) is 3.00. The molecule has 0 aliphatic heterocycles. The second kappa shape index (κ2) is 4.72. The van der Waals surface area contributed by atoms with Crippen LogP contribution < -0.4 is 10.5 Å². The predicted molar refractivity (Wildman–Crippen MR) is 77.0 cm³/mol. The number of benzene rings is 1. The molecule has 1 aromatic carbocycles.